The first-order valence-corrected chi connectivity index (χ1v) is 6.87. The van der Waals surface area contributed by atoms with Crippen LogP contribution in [-0.2, 0) is 0 Å². The average molecular weight is 279 g/mol. The van der Waals surface area contributed by atoms with Crippen LogP contribution in [-0.4, -0.2) is 15.3 Å². The summed E-state index contributed by atoms with van der Waals surface area (Å²) in [6.07, 6.45) is 3.79. The predicted octanol–water partition coefficient (Wildman–Crippen LogP) is 3.51. The van der Waals surface area contributed by atoms with Gasteiger partial charge in [-0.1, -0.05) is 18.2 Å². The van der Waals surface area contributed by atoms with Crippen LogP contribution in [0.25, 0.3) is 5.65 Å². The number of nitrogens with one attached hydrogen (secondary N) is 1. The first-order chi connectivity index (χ1) is 10.0. The molecule has 106 valence electrons. The zero-order chi connectivity index (χ0) is 15.0. The zero-order valence-corrected chi connectivity index (χ0v) is 12.3. The first-order valence-electron chi connectivity index (χ1n) is 6.87. The third-order valence-corrected chi connectivity index (χ3v) is 3.56. The second-order valence-electron chi connectivity index (χ2n) is 5.28. The Morgan fingerprint density at radius 2 is 1.86 bits per heavy atom. The Kier molecular flexibility index (Phi) is 3.22. The summed E-state index contributed by atoms with van der Waals surface area (Å²) in [6.45, 7) is 5.91. The van der Waals surface area contributed by atoms with Gasteiger partial charge in [-0.3, -0.25) is 4.79 Å². The molecule has 1 aromatic carbocycles. The van der Waals surface area contributed by atoms with E-state index in [2.05, 4.69) is 10.3 Å². The lowest BCUT2D eigenvalue weighted by atomic mass is 10.1. The number of nitrogens with zero attached hydrogens (tertiary/aromatic N) is 2. The molecule has 4 nitrogen and oxygen atoms in total. The SMILES string of the molecule is Cc1cn2ccc(C(=O)Nc3c(C)cccc3C)cc2n1. The van der Waals surface area contributed by atoms with Gasteiger partial charge in [-0.15, -0.1) is 0 Å². The molecule has 1 amide bonds. The third-order valence-electron chi connectivity index (χ3n) is 3.56. The van der Waals surface area contributed by atoms with E-state index in [4.69, 9.17) is 0 Å². The largest absolute Gasteiger partial charge is 0.322 e. The molecule has 0 atom stereocenters. The molecule has 0 aliphatic heterocycles. The van der Waals surface area contributed by atoms with E-state index in [1.807, 2.05) is 55.8 Å². The van der Waals surface area contributed by atoms with Gasteiger partial charge in [0, 0.05) is 23.6 Å². The van der Waals surface area contributed by atoms with Crippen LogP contribution in [0.1, 0.15) is 27.2 Å². The molecule has 3 aromatic rings. The number of rotatable bonds is 2. The maximum Gasteiger partial charge on any atom is 0.255 e. The second-order valence-corrected chi connectivity index (χ2v) is 5.28. The lowest BCUT2D eigenvalue weighted by molar-refractivity contribution is 0.102. The molecule has 2 heterocycles. The molecule has 3 rings (SSSR count). The van der Waals surface area contributed by atoms with Crippen LogP contribution in [0.3, 0.4) is 0 Å². The minimum absolute atomic E-state index is 0.115. The van der Waals surface area contributed by atoms with Crippen molar-refractivity contribution < 1.29 is 4.79 Å². The molecule has 0 aliphatic rings. The van der Waals surface area contributed by atoms with Crippen LogP contribution in [0.2, 0.25) is 0 Å². The third kappa shape index (κ3) is 2.52. The average Bonchev–Trinajstić information content (AvgIpc) is 2.81. The summed E-state index contributed by atoms with van der Waals surface area (Å²) in [6, 6.07) is 9.57. The first kappa shape index (κ1) is 13.4. The Balaban J connectivity index is 1.93. The summed E-state index contributed by atoms with van der Waals surface area (Å²) in [5, 5.41) is 2.99. The van der Waals surface area contributed by atoms with E-state index < -0.39 is 0 Å². The van der Waals surface area contributed by atoms with Crippen LogP contribution >= 0.6 is 0 Å². The van der Waals surface area contributed by atoms with Gasteiger partial charge in [-0.05, 0) is 44.0 Å². The minimum Gasteiger partial charge on any atom is -0.322 e. The number of anilines is 1. The molecule has 4 heteroatoms. The molecule has 0 saturated carbocycles. The van der Waals surface area contributed by atoms with Crippen molar-refractivity contribution in [2.75, 3.05) is 5.32 Å². The van der Waals surface area contributed by atoms with Crippen LogP contribution in [0.15, 0.2) is 42.7 Å². The van der Waals surface area contributed by atoms with Gasteiger partial charge < -0.3 is 9.72 Å². The van der Waals surface area contributed by atoms with Crippen molar-refractivity contribution in [1.82, 2.24) is 9.38 Å². The molecule has 0 bridgehead atoms. The monoisotopic (exact) mass is 279 g/mol. The number of carbonyl (C=O) groups excluding carboxylic acids is 1. The fourth-order valence-electron chi connectivity index (χ4n) is 2.45. The standard InChI is InChI=1S/C17H17N3O/c1-11-5-4-6-12(2)16(11)19-17(21)14-7-8-20-10-13(3)18-15(20)9-14/h4-10H,1-3H3,(H,19,21). The number of hydrogen-bond donors (Lipinski definition) is 1. The smallest absolute Gasteiger partial charge is 0.255 e. The van der Waals surface area contributed by atoms with Crippen molar-refractivity contribution in [3.05, 3.63) is 65.1 Å². The second kappa shape index (κ2) is 5.05. The van der Waals surface area contributed by atoms with Crippen molar-refractivity contribution in [3.63, 3.8) is 0 Å². The van der Waals surface area contributed by atoms with Gasteiger partial charge in [-0.25, -0.2) is 4.98 Å². The molecule has 2 aromatic heterocycles. The topological polar surface area (TPSA) is 46.4 Å². The number of aryl methyl sites for hydroxylation is 3. The molecule has 21 heavy (non-hydrogen) atoms. The van der Waals surface area contributed by atoms with Crippen molar-refractivity contribution in [1.29, 1.82) is 0 Å². The van der Waals surface area contributed by atoms with Crippen LogP contribution in [0.5, 0.6) is 0 Å². The molecule has 0 fully saturated rings. The van der Waals surface area contributed by atoms with E-state index in [-0.39, 0.29) is 5.91 Å². The molecule has 0 radical (unpaired) electrons. The Hall–Kier alpha value is -2.62. The highest BCUT2D eigenvalue weighted by molar-refractivity contribution is 6.05. The number of carbonyl (C=O) groups is 1. The normalized spacial score (nSPS) is 10.8. The number of imidazole rings is 1. The predicted molar refractivity (Wildman–Crippen MR) is 83.8 cm³/mol. The lowest BCUT2D eigenvalue weighted by Gasteiger charge is -2.11. The zero-order valence-electron chi connectivity index (χ0n) is 12.3. The Morgan fingerprint density at radius 3 is 2.57 bits per heavy atom. The molecule has 1 N–H and O–H groups in total. The number of para-hydroxylation sites is 1. The fraction of sp³-hybridized carbons (Fsp3) is 0.176. The summed E-state index contributed by atoms with van der Waals surface area (Å²) < 4.78 is 1.91. The van der Waals surface area contributed by atoms with Crippen molar-refractivity contribution in [3.8, 4) is 0 Å². The number of amides is 1. The van der Waals surface area contributed by atoms with Crippen molar-refractivity contribution in [2.45, 2.75) is 20.8 Å². The quantitative estimate of drug-likeness (QED) is 0.780. The van der Waals surface area contributed by atoms with E-state index in [0.717, 1.165) is 28.2 Å². The number of benzene rings is 1. The molecular formula is C17H17N3O. The van der Waals surface area contributed by atoms with E-state index in [1.165, 1.54) is 0 Å². The summed E-state index contributed by atoms with van der Waals surface area (Å²) in [5.41, 5.74) is 5.31. The van der Waals surface area contributed by atoms with Gasteiger partial charge >= 0.3 is 0 Å². The minimum atomic E-state index is -0.115. The molecule has 0 aliphatic carbocycles. The van der Waals surface area contributed by atoms with Gasteiger partial charge in [-0.2, -0.15) is 0 Å². The Bertz CT molecular complexity index is 813. The number of pyridine rings is 1. The van der Waals surface area contributed by atoms with Gasteiger partial charge in [0.25, 0.3) is 5.91 Å². The number of fused-ring (bicyclic) bond motifs is 1. The van der Waals surface area contributed by atoms with E-state index in [0.29, 0.717) is 5.56 Å². The summed E-state index contributed by atoms with van der Waals surface area (Å²) in [7, 11) is 0. The molecule has 0 spiro atoms. The highest BCUT2D eigenvalue weighted by Crippen LogP contribution is 2.20. The van der Waals surface area contributed by atoms with Gasteiger partial charge in [0.05, 0.1) is 5.69 Å². The van der Waals surface area contributed by atoms with E-state index in [1.54, 1.807) is 12.1 Å². The maximum atomic E-state index is 12.4. The van der Waals surface area contributed by atoms with Crippen molar-refractivity contribution >= 4 is 17.2 Å². The van der Waals surface area contributed by atoms with Crippen LogP contribution < -0.4 is 5.32 Å². The molecule has 0 unspecified atom stereocenters. The van der Waals surface area contributed by atoms with Gasteiger partial charge in [0.15, 0.2) is 0 Å². The Morgan fingerprint density at radius 1 is 1.14 bits per heavy atom. The van der Waals surface area contributed by atoms with Gasteiger partial charge in [0.1, 0.15) is 5.65 Å². The highest BCUT2D eigenvalue weighted by Gasteiger charge is 2.10. The summed E-state index contributed by atoms with van der Waals surface area (Å²) in [5.74, 6) is -0.115. The summed E-state index contributed by atoms with van der Waals surface area (Å²) in [4.78, 5) is 16.8. The van der Waals surface area contributed by atoms with Gasteiger partial charge in [0.2, 0.25) is 0 Å². The van der Waals surface area contributed by atoms with Crippen LogP contribution in [0, 0.1) is 20.8 Å². The molecular weight excluding hydrogens is 262 g/mol. The van der Waals surface area contributed by atoms with Crippen molar-refractivity contribution in [2.24, 2.45) is 0 Å². The maximum absolute atomic E-state index is 12.4. The van der Waals surface area contributed by atoms with E-state index in [9.17, 15) is 4.79 Å². The van der Waals surface area contributed by atoms with Crippen LogP contribution in [0.4, 0.5) is 5.69 Å². The highest BCUT2D eigenvalue weighted by atomic mass is 16.1. The fourth-order valence-corrected chi connectivity index (χ4v) is 2.45. The number of hydrogen-bond acceptors (Lipinski definition) is 2. The summed E-state index contributed by atoms with van der Waals surface area (Å²) >= 11 is 0. The molecule has 0 saturated heterocycles. The Labute approximate surface area is 123 Å². The lowest BCUT2D eigenvalue weighted by Crippen LogP contribution is -2.14. The van der Waals surface area contributed by atoms with E-state index >= 15 is 0 Å². The number of aromatic nitrogens is 2.